The van der Waals surface area contributed by atoms with Gasteiger partial charge in [0.25, 0.3) is 0 Å². The first-order valence-electron chi connectivity index (χ1n) is 4.76. The van der Waals surface area contributed by atoms with Crippen LogP contribution in [0.1, 0.15) is 12.0 Å². The van der Waals surface area contributed by atoms with Crippen molar-refractivity contribution in [3.05, 3.63) is 41.9 Å². The Hall–Kier alpha value is -1.35. The number of nitrogens with zero attached hydrogens (tertiary/aromatic N) is 1. The quantitative estimate of drug-likeness (QED) is 0.782. The van der Waals surface area contributed by atoms with Gasteiger partial charge in [0, 0.05) is 25.2 Å². The van der Waals surface area contributed by atoms with E-state index in [1.54, 1.807) is 12.4 Å². The molecule has 1 aliphatic rings. The van der Waals surface area contributed by atoms with Gasteiger partial charge in [-0.2, -0.15) is 0 Å². The molecule has 0 aromatic carbocycles. The van der Waals surface area contributed by atoms with Crippen LogP contribution in [0.15, 0.2) is 36.4 Å². The number of ether oxygens (including phenoxy) is 1. The molecule has 1 aromatic heterocycles. The van der Waals surface area contributed by atoms with E-state index in [2.05, 4.69) is 4.98 Å². The molecule has 1 aliphatic heterocycles. The SMILES string of the molecule is OC(Cc1ccncc1)C1=CCCO1. The Balaban J connectivity index is 1.97. The van der Waals surface area contributed by atoms with Crippen LogP contribution in [0.5, 0.6) is 0 Å². The van der Waals surface area contributed by atoms with Gasteiger partial charge in [-0.05, 0) is 23.8 Å². The van der Waals surface area contributed by atoms with Crippen molar-refractivity contribution in [2.45, 2.75) is 18.9 Å². The number of aliphatic hydroxyl groups excluding tert-OH is 1. The van der Waals surface area contributed by atoms with E-state index in [0.717, 1.165) is 12.0 Å². The Kier molecular flexibility index (Phi) is 2.79. The lowest BCUT2D eigenvalue weighted by Crippen LogP contribution is -2.14. The molecule has 0 bridgehead atoms. The van der Waals surface area contributed by atoms with Crippen molar-refractivity contribution in [1.29, 1.82) is 0 Å². The predicted octanol–water partition coefficient (Wildman–Crippen LogP) is 1.29. The fourth-order valence-electron chi connectivity index (χ4n) is 1.51. The normalized spacial score (nSPS) is 17.4. The van der Waals surface area contributed by atoms with E-state index in [9.17, 15) is 5.11 Å². The first kappa shape index (κ1) is 9.21. The fourth-order valence-corrected chi connectivity index (χ4v) is 1.51. The number of hydrogen-bond donors (Lipinski definition) is 1. The zero-order chi connectivity index (χ0) is 9.80. The molecule has 2 heterocycles. The minimum absolute atomic E-state index is 0.514. The summed E-state index contributed by atoms with van der Waals surface area (Å²) in [6.07, 6.45) is 6.39. The van der Waals surface area contributed by atoms with Crippen LogP contribution in [0.3, 0.4) is 0 Å². The summed E-state index contributed by atoms with van der Waals surface area (Å²) in [5.41, 5.74) is 1.07. The van der Waals surface area contributed by atoms with E-state index in [1.807, 2.05) is 18.2 Å². The maximum absolute atomic E-state index is 9.79. The van der Waals surface area contributed by atoms with Crippen molar-refractivity contribution in [1.82, 2.24) is 4.98 Å². The van der Waals surface area contributed by atoms with E-state index < -0.39 is 6.10 Å². The molecule has 2 rings (SSSR count). The summed E-state index contributed by atoms with van der Waals surface area (Å²) in [5, 5.41) is 9.79. The average molecular weight is 191 g/mol. The summed E-state index contributed by atoms with van der Waals surface area (Å²) in [6, 6.07) is 3.80. The number of pyridine rings is 1. The van der Waals surface area contributed by atoms with Gasteiger partial charge in [0.05, 0.1) is 6.61 Å². The predicted molar refractivity (Wildman–Crippen MR) is 52.6 cm³/mol. The van der Waals surface area contributed by atoms with E-state index in [0.29, 0.717) is 18.8 Å². The smallest absolute Gasteiger partial charge is 0.121 e. The van der Waals surface area contributed by atoms with Crippen LogP contribution in [-0.4, -0.2) is 22.8 Å². The lowest BCUT2D eigenvalue weighted by Gasteiger charge is -2.11. The second-order valence-corrected chi connectivity index (χ2v) is 3.32. The van der Waals surface area contributed by atoms with Crippen molar-refractivity contribution >= 4 is 0 Å². The van der Waals surface area contributed by atoms with E-state index in [-0.39, 0.29) is 0 Å². The standard InChI is InChI=1S/C11H13NO2/c13-10(11-2-1-7-14-11)8-9-3-5-12-6-4-9/h2-6,10,13H,1,7-8H2. The van der Waals surface area contributed by atoms with Gasteiger partial charge in [0.15, 0.2) is 0 Å². The second-order valence-electron chi connectivity index (χ2n) is 3.32. The number of rotatable bonds is 3. The zero-order valence-electron chi connectivity index (χ0n) is 7.89. The van der Waals surface area contributed by atoms with Crippen LogP contribution < -0.4 is 0 Å². The Bertz CT molecular complexity index is 321. The second kappa shape index (κ2) is 4.24. The van der Waals surface area contributed by atoms with Crippen LogP contribution >= 0.6 is 0 Å². The van der Waals surface area contributed by atoms with Gasteiger partial charge in [-0.1, -0.05) is 0 Å². The minimum Gasteiger partial charge on any atom is -0.495 e. The van der Waals surface area contributed by atoms with Crippen molar-refractivity contribution in [2.75, 3.05) is 6.61 Å². The van der Waals surface area contributed by atoms with E-state index in [4.69, 9.17) is 4.74 Å². The Morgan fingerprint density at radius 3 is 2.86 bits per heavy atom. The monoisotopic (exact) mass is 191 g/mol. The molecule has 0 aliphatic carbocycles. The minimum atomic E-state index is -0.514. The average Bonchev–Trinajstić information content (AvgIpc) is 2.72. The molecule has 1 aromatic rings. The molecule has 14 heavy (non-hydrogen) atoms. The molecule has 0 spiro atoms. The summed E-state index contributed by atoms with van der Waals surface area (Å²) in [6.45, 7) is 0.697. The largest absolute Gasteiger partial charge is 0.495 e. The lowest BCUT2D eigenvalue weighted by atomic mass is 10.1. The summed E-state index contributed by atoms with van der Waals surface area (Å²) in [5.74, 6) is 0.710. The molecule has 3 nitrogen and oxygen atoms in total. The van der Waals surface area contributed by atoms with Crippen LogP contribution in [0.2, 0.25) is 0 Å². The molecule has 0 radical (unpaired) electrons. The van der Waals surface area contributed by atoms with Crippen LogP contribution in [0.25, 0.3) is 0 Å². The van der Waals surface area contributed by atoms with Gasteiger partial charge in [0.1, 0.15) is 11.9 Å². The molecule has 0 fully saturated rings. The third kappa shape index (κ3) is 2.12. The van der Waals surface area contributed by atoms with Crippen LogP contribution in [0, 0.1) is 0 Å². The molecule has 0 saturated carbocycles. The molecule has 1 unspecified atom stereocenters. The van der Waals surface area contributed by atoms with Gasteiger partial charge in [-0.15, -0.1) is 0 Å². The first-order valence-corrected chi connectivity index (χ1v) is 4.76. The molecule has 0 amide bonds. The third-order valence-electron chi connectivity index (χ3n) is 2.24. The van der Waals surface area contributed by atoms with Gasteiger partial charge in [0.2, 0.25) is 0 Å². The highest BCUT2D eigenvalue weighted by Crippen LogP contribution is 2.16. The van der Waals surface area contributed by atoms with Gasteiger partial charge < -0.3 is 9.84 Å². The number of aromatic nitrogens is 1. The maximum atomic E-state index is 9.79. The first-order chi connectivity index (χ1) is 6.86. The number of hydrogen-bond acceptors (Lipinski definition) is 3. The van der Waals surface area contributed by atoms with E-state index >= 15 is 0 Å². The van der Waals surface area contributed by atoms with Crippen LogP contribution in [0.4, 0.5) is 0 Å². The number of aliphatic hydroxyl groups is 1. The summed E-state index contributed by atoms with van der Waals surface area (Å²) in [7, 11) is 0. The summed E-state index contributed by atoms with van der Waals surface area (Å²) < 4.78 is 5.28. The lowest BCUT2D eigenvalue weighted by molar-refractivity contribution is 0.118. The molecule has 1 N–H and O–H groups in total. The van der Waals surface area contributed by atoms with Gasteiger partial charge in [-0.25, -0.2) is 0 Å². The summed E-state index contributed by atoms with van der Waals surface area (Å²) in [4.78, 5) is 3.92. The Morgan fingerprint density at radius 1 is 1.43 bits per heavy atom. The highest BCUT2D eigenvalue weighted by molar-refractivity contribution is 5.15. The Morgan fingerprint density at radius 2 is 2.21 bits per heavy atom. The molecule has 3 heteroatoms. The third-order valence-corrected chi connectivity index (χ3v) is 2.24. The fraction of sp³-hybridized carbons (Fsp3) is 0.364. The Labute approximate surface area is 83.1 Å². The van der Waals surface area contributed by atoms with Crippen molar-refractivity contribution < 1.29 is 9.84 Å². The van der Waals surface area contributed by atoms with Crippen LogP contribution in [-0.2, 0) is 11.2 Å². The zero-order valence-corrected chi connectivity index (χ0v) is 7.89. The topological polar surface area (TPSA) is 42.4 Å². The summed E-state index contributed by atoms with van der Waals surface area (Å²) >= 11 is 0. The van der Waals surface area contributed by atoms with E-state index in [1.165, 1.54) is 0 Å². The van der Waals surface area contributed by atoms with Gasteiger partial charge in [-0.3, -0.25) is 4.98 Å². The molecule has 1 atom stereocenters. The molecule has 0 saturated heterocycles. The van der Waals surface area contributed by atoms with Crippen molar-refractivity contribution in [3.8, 4) is 0 Å². The van der Waals surface area contributed by atoms with Crippen molar-refractivity contribution in [2.24, 2.45) is 0 Å². The molecular formula is C11H13NO2. The highest BCUT2D eigenvalue weighted by atomic mass is 16.5. The van der Waals surface area contributed by atoms with Gasteiger partial charge >= 0.3 is 0 Å². The molecular weight excluding hydrogens is 178 g/mol. The van der Waals surface area contributed by atoms with Crippen molar-refractivity contribution in [3.63, 3.8) is 0 Å². The molecule has 74 valence electrons. The maximum Gasteiger partial charge on any atom is 0.121 e. The highest BCUT2D eigenvalue weighted by Gasteiger charge is 2.15.